The van der Waals surface area contributed by atoms with Crippen LogP contribution in [0.2, 0.25) is 0 Å². The molecule has 0 unspecified atom stereocenters. The molecule has 0 spiro atoms. The molecule has 8 heteroatoms. The van der Waals surface area contributed by atoms with Crippen LogP contribution in [0.25, 0.3) is 10.7 Å². The van der Waals surface area contributed by atoms with Crippen LogP contribution in [0.1, 0.15) is 22.5 Å². The van der Waals surface area contributed by atoms with Gasteiger partial charge >= 0.3 is 0 Å². The molecule has 7 nitrogen and oxygen atoms in total. The van der Waals surface area contributed by atoms with Crippen LogP contribution in [-0.2, 0) is 17.6 Å². The Morgan fingerprint density at radius 3 is 2.86 bits per heavy atom. The normalized spacial score (nSPS) is 10.5. The van der Waals surface area contributed by atoms with E-state index in [1.165, 1.54) is 17.5 Å². The molecule has 3 heterocycles. The number of aromatic nitrogens is 3. The van der Waals surface area contributed by atoms with Crippen LogP contribution >= 0.6 is 11.3 Å². The third-order valence-electron chi connectivity index (χ3n) is 4.37. The van der Waals surface area contributed by atoms with Gasteiger partial charge in [0, 0.05) is 49.0 Å². The molecule has 3 rings (SSSR count). The van der Waals surface area contributed by atoms with Gasteiger partial charge in [-0.25, -0.2) is 9.97 Å². The van der Waals surface area contributed by atoms with Gasteiger partial charge < -0.3 is 10.0 Å². The second kappa shape index (κ2) is 8.59. The molecular formula is C20H19N5O2S. The Hall–Kier alpha value is -3.31. The van der Waals surface area contributed by atoms with Gasteiger partial charge in [0.2, 0.25) is 5.91 Å². The lowest BCUT2D eigenvalue weighted by atomic mass is 10.1. The minimum Gasteiger partial charge on any atom is -0.505 e. The van der Waals surface area contributed by atoms with E-state index in [1.807, 2.05) is 24.3 Å². The van der Waals surface area contributed by atoms with Crippen molar-refractivity contribution in [2.75, 3.05) is 13.6 Å². The Labute approximate surface area is 167 Å². The van der Waals surface area contributed by atoms with Crippen molar-refractivity contribution in [3.8, 4) is 22.5 Å². The average Bonchev–Trinajstić information content (AvgIpc) is 3.17. The van der Waals surface area contributed by atoms with E-state index in [4.69, 9.17) is 5.26 Å². The zero-order chi connectivity index (χ0) is 20.1. The molecule has 0 aliphatic heterocycles. The van der Waals surface area contributed by atoms with Gasteiger partial charge in [-0.3, -0.25) is 9.78 Å². The average molecular weight is 393 g/mol. The van der Waals surface area contributed by atoms with Crippen molar-refractivity contribution in [2.24, 2.45) is 0 Å². The number of hydrogen-bond acceptors (Lipinski definition) is 7. The lowest BCUT2D eigenvalue weighted by Crippen LogP contribution is -2.30. The van der Waals surface area contributed by atoms with E-state index in [0.29, 0.717) is 40.5 Å². The topological polar surface area (TPSA) is 103 Å². The van der Waals surface area contributed by atoms with E-state index in [1.54, 1.807) is 30.4 Å². The number of rotatable bonds is 6. The summed E-state index contributed by atoms with van der Waals surface area (Å²) in [7, 11) is 1.76. The largest absolute Gasteiger partial charge is 0.505 e. The number of nitrogens with zero attached hydrogens (tertiary/aromatic N) is 5. The summed E-state index contributed by atoms with van der Waals surface area (Å²) in [5.74, 6) is -0.0975. The molecule has 142 valence electrons. The number of hydrogen-bond donors (Lipinski definition) is 1. The monoisotopic (exact) mass is 393 g/mol. The standard InChI is InChI=1S/C20H19N5O2S/c1-13-14(10-21)11-23-18(19(13)27)20-24-16(12-28-20)9-17(26)25(2)8-6-15-5-3-4-7-22-15/h3-5,7,11-12,27H,6,8-9H2,1-2H3. The Morgan fingerprint density at radius 2 is 2.14 bits per heavy atom. The number of carbonyl (C=O) groups excluding carboxylic acids is 1. The summed E-state index contributed by atoms with van der Waals surface area (Å²) in [5, 5.41) is 21.6. The molecule has 28 heavy (non-hydrogen) atoms. The molecule has 0 atom stereocenters. The van der Waals surface area contributed by atoms with Crippen LogP contribution in [0, 0.1) is 18.3 Å². The van der Waals surface area contributed by atoms with Gasteiger partial charge in [0.25, 0.3) is 0 Å². The van der Waals surface area contributed by atoms with Crippen molar-refractivity contribution in [3.05, 3.63) is 58.5 Å². The van der Waals surface area contributed by atoms with Gasteiger partial charge in [0.1, 0.15) is 22.5 Å². The maximum absolute atomic E-state index is 12.5. The Bertz CT molecular complexity index is 1030. The third kappa shape index (κ3) is 4.32. The summed E-state index contributed by atoms with van der Waals surface area (Å²) in [4.78, 5) is 27.0. The highest BCUT2D eigenvalue weighted by atomic mass is 32.1. The number of aromatic hydroxyl groups is 1. The molecule has 0 aromatic carbocycles. The van der Waals surface area contributed by atoms with Gasteiger partial charge in [-0.05, 0) is 19.1 Å². The van der Waals surface area contributed by atoms with Crippen molar-refractivity contribution >= 4 is 17.2 Å². The Balaban J connectivity index is 1.65. The molecule has 0 aliphatic carbocycles. The van der Waals surface area contributed by atoms with Crippen LogP contribution in [-0.4, -0.2) is 44.5 Å². The number of likely N-dealkylation sites (N-methyl/N-ethyl adjacent to an activating group) is 1. The predicted octanol–water partition coefficient (Wildman–Crippen LogP) is 2.73. The van der Waals surface area contributed by atoms with Crippen molar-refractivity contribution in [3.63, 3.8) is 0 Å². The lowest BCUT2D eigenvalue weighted by Gasteiger charge is -2.16. The number of amides is 1. The van der Waals surface area contributed by atoms with Crippen LogP contribution in [0.4, 0.5) is 0 Å². The van der Waals surface area contributed by atoms with E-state index in [2.05, 4.69) is 15.0 Å². The molecule has 3 aromatic heterocycles. The molecule has 1 N–H and O–H groups in total. The maximum atomic E-state index is 12.5. The molecule has 0 saturated carbocycles. The Kier molecular flexibility index (Phi) is 5.96. The van der Waals surface area contributed by atoms with E-state index < -0.39 is 0 Å². The molecule has 0 fully saturated rings. The number of thiazole rings is 1. The van der Waals surface area contributed by atoms with Gasteiger partial charge in [0.15, 0.2) is 0 Å². The Morgan fingerprint density at radius 1 is 1.32 bits per heavy atom. The minimum absolute atomic E-state index is 0.0408. The third-order valence-corrected chi connectivity index (χ3v) is 5.27. The highest BCUT2D eigenvalue weighted by molar-refractivity contribution is 7.13. The van der Waals surface area contributed by atoms with Crippen LogP contribution in [0.3, 0.4) is 0 Å². The summed E-state index contributed by atoms with van der Waals surface area (Å²) in [6.45, 7) is 2.23. The fourth-order valence-corrected chi connectivity index (χ4v) is 3.42. The van der Waals surface area contributed by atoms with E-state index >= 15 is 0 Å². The first-order chi connectivity index (χ1) is 13.5. The second-order valence-corrected chi connectivity index (χ2v) is 7.17. The second-order valence-electron chi connectivity index (χ2n) is 6.31. The highest BCUT2D eigenvalue weighted by Gasteiger charge is 2.17. The lowest BCUT2D eigenvalue weighted by molar-refractivity contribution is -0.129. The highest BCUT2D eigenvalue weighted by Crippen LogP contribution is 2.33. The van der Waals surface area contributed by atoms with Crippen molar-refractivity contribution in [1.82, 2.24) is 19.9 Å². The molecule has 0 radical (unpaired) electrons. The van der Waals surface area contributed by atoms with E-state index in [-0.39, 0.29) is 18.1 Å². The summed E-state index contributed by atoms with van der Waals surface area (Å²) >= 11 is 1.31. The first-order valence-electron chi connectivity index (χ1n) is 8.67. The quantitative estimate of drug-likeness (QED) is 0.691. The van der Waals surface area contributed by atoms with E-state index in [0.717, 1.165) is 5.69 Å². The van der Waals surface area contributed by atoms with E-state index in [9.17, 15) is 9.90 Å². The first kappa shape index (κ1) is 19.5. The SMILES string of the molecule is Cc1c(C#N)cnc(-c2nc(CC(=O)N(C)CCc3ccccn3)cs2)c1O. The number of nitriles is 1. The van der Waals surface area contributed by atoms with Gasteiger partial charge in [-0.1, -0.05) is 6.07 Å². The number of carbonyl (C=O) groups is 1. The molecule has 0 bridgehead atoms. The summed E-state index contributed by atoms with van der Waals surface area (Å²) in [5.41, 5.74) is 2.68. The van der Waals surface area contributed by atoms with Gasteiger partial charge in [-0.15, -0.1) is 11.3 Å². The van der Waals surface area contributed by atoms with Crippen molar-refractivity contribution < 1.29 is 9.90 Å². The smallest absolute Gasteiger partial charge is 0.228 e. The zero-order valence-corrected chi connectivity index (χ0v) is 16.4. The fraction of sp³-hybridized carbons (Fsp3) is 0.250. The summed E-state index contributed by atoms with van der Waals surface area (Å²) in [6.07, 6.45) is 4.02. The maximum Gasteiger partial charge on any atom is 0.228 e. The molecule has 0 saturated heterocycles. The van der Waals surface area contributed by atoms with Crippen molar-refractivity contribution in [2.45, 2.75) is 19.8 Å². The summed E-state index contributed by atoms with van der Waals surface area (Å²) < 4.78 is 0. The van der Waals surface area contributed by atoms with Crippen LogP contribution < -0.4 is 0 Å². The van der Waals surface area contributed by atoms with Crippen molar-refractivity contribution in [1.29, 1.82) is 5.26 Å². The van der Waals surface area contributed by atoms with Crippen LogP contribution in [0.15, 0.2) is 36.0 Å². The van der Waals surface area contributed by atoms with Gasteiger partial charge in [0.05, 0.1) is 17.7 Å². The fourth-order valence-electron chi connectivity index (χ4n) is 2.60. The molecule has 0 aliphatic rings. The summed E-state index contributed by atoms with van der Waals surface area (Å²) in [6, 6.07) is 7.71. The predicted molar refractivity (Wildman–Crippen MR) is 106 cm³/mol. The molecular weight excluding hydrogens is 374 g/mol. The molecule has 1 amide bonds. The van der Waals surface area contributed by atoms with Crippen LogP contribution in [0.5, 0.6) is 5.75 Å². The number of pyridine rings is 2. The van der Waals surface area contributed by atoms with Gasteiger partial charge in [-0.2, -0.15) is 5.26 Å². The molecule has 3 aromatic rings. The first-order valence-corrected chi connectivity index (χ1v) is 9.55. The minimum atomic E-state index is -0.0567. The zero-order valence-electron chi connectivity index (χ0n) is 15.6.